The third-order valence-corrected chi connectivity index (χ3v) is 8.47. The topological polar surface area (TPSA) is 29.5 Å². The molecule has 0 spiro atoms. The van der Waals surface area contributed by atoms with E-state index in [1.54, 1.807) is 0 Å². The summed E-state index contributed by atoms with van der Waals surface area (Å²) in [4.78, 5) is 0. The van der Waals surface area contributed by atoms with Gasteiger partial charge in [0.15, 0.2) is 0 Å². The van der Waals surface area contributed by atoms with Crippen molar-refractivity contribution >= 4 is 0 Å². The second-order valence-electron chi connectivity index (χ2n) is 11.5. The third-order valence-electron chi connectivity index (χ3n) is 8.47. The lowest BCUT2D eigenvalue weighted by Crippen LogP contribution is -2.04. The summed E-state index contributed by atoms with van der Waals surface area (Å²) in [5.41, 5.74) is 19.1. The van der Waals surface area contributed by atoms with Gasteiger partial charge in [0.1, 0.15) is 0 Å². The van der Waals surface area contributed by atoms with Crippen LogP contribution in [-0.4, -0.2) is 5.11 Å². The Hall–Kier alpha value is -3.20. The summed E-state index contributed by atoms with van der Waals surface area (Å²) in [7, 11) is 0. The summed E-state index contributed by atoms with van der Waals surface area (Å²) in [6.07, 6.45) is 1.80. The number of hydrogen-bond donors (Lipinski definition) is 1. The molecule has 0 saturated heterocycles. The van der Waals surface area contributed by atoms with E-state index in [2.05, 4.69) is 110 Å². The molecule has 0 aliphatic carbocycles. The molecule has 0 heterocycles. The monoisotopic (exact) mass is 520 g/mol. The first kappa shape index (κ1) is 28.8. The molecule has 39 heavy (non-hydrogen) atoms. The van der Waals surface area contributed by atoms with Crippen LogP contribution in [0.4, 0.5) is 0 Å². The highest BCUT2D eigenvalue weighted by molar-refractivity contribution is 5.45. The average Bonchev–Trinajstić information content (AvgIpc) is 2.87. The van der Waals surface area contributed by atoms with E-state index in [0.717, 1.165) is 24.0 Å². The van der Waals surface area contributed by atoms with E-state index in [9.17, 15) is 5.11 Å². The van der Waals surface area contributed by atoms with Gasteiger partial charge in [0.05, 0.1) is 19.8 Å². The van der Waals surface area contributed by atoms with Crippen molar-refractivity contribution in [3.05, 3.63) is 138 Å². The second-order valence-corrected chi connectivity index (χ2v) is 11.5. The Balaban J connectivity index is 1.49. The molecule has 0 aromatic heterocycles. The SMILES string of the molecule is Cc1ccc(Cc2cc(COCc3cc(Cc4ccc(C)c(CO)c4C)c(C)cc3C)c(C)cc2C)c(C)c1. The smallest absolute Gasteiger partial charge is 0.0724 e. The van der Waals surface area contributed by atoms with Crippen molar-refractivity contribution in [1.82, 2.24) is 0 Å². The van der Waals surface area contributed by atoms with Gasteiger partial charge >= 0.3 is 0 Å². The highest BCUT2D eigenvalue weighted by Gasteiger charge is 2.12. The van der Waals surface area contributed by atoms with Gasteiger partial charge in [-0.2, -0.15) is 0 Å². The molecule has 0 unspecified atom stereocenters. The summed E-state index contributed by atoms with van der Waals surface area (Å²) in [5.74, 6) is 0. The number of aliphatic hydroxyl groups is 1. The first-order chi connectivity index (χ1) is 18.6. The molecule has 0 saturated carbocycles. The van der Waals surface area contributed by atoms with Gasteiger partial charge in [-0.25, -0.2) is 0 Å². The van der Waals surface area contributed by atoms with E-state index < -0.39 is 0 Å². The fourth-order valence-corrected chi connectivity index (χ4v) is 5.69. The minimum Gasteiger partial charge on any atom is -0.392 e. The highest BCUT2D eigenvalue weighted by atomic mass is 16.5. The zero-order valence-electron chi connectivity index (χ0n) is 25.1. The lowest BCUT2D eigenvalue weighted by Gasteiger charge is -2.17. The van der Waals surface area contributed by atoms with Gasteiger partial charge in [-0.05, 0) is 146 Å². The normalized spacial score (nSPS) is 11.3. The number of rotatable bonds is 9. The predicted molar refractivity (Wildman–Crippen MR) is 164 cm³/mol. The third kappa shape index (κ3) is 6.69. The first-order valence-electron chi connectivity index (χ1n) is 14.1. The van der Waals surface area contributed by atoms with Crippen molar-refractivity contribution in [2.45, 2.75) is 88.1 Å². The number of ether oxygens (including phenoxy) is 1. The van der Waals surface area contributed by atoms with Gasteiger partial charge in [0.2, 0.25) is 0 Å². The fraction of sp³-hybridized carbons (Fsp3) is 0.351. The van der Waals surface area contributed by atoms with Crippen LogP contribution in [0.25, 0.3) is 0 Å². The van der Waals surface area contributed by atoms with Gasteiger partial charge in [0, 0.05) is 0 Å². The fourth-order valence-electron chi connectivity index (χ4n) is 5.69. The molecule has 0 aliphatic rings. The van der Waals surface area contributed by atoms with Crippen LogP contribution in [0.5, 0.6) is 0 Å². The van der Waals surface area contributed by atoms with Crippen LogP contribution >= 0.6 is 0 Å². The van der Waals surface area contributed by atoms with Crippen LogP contribution in [0.15, 0.2) is 54.6 Å². The Morgan fingerprint density at radius 3 is 1.51 bits per heavy atom. The molecule has 0 fully saturated rings. The standard InChI is InChI=1S/C37H44O2/c1-23-9-11-31(25(3)13-23)16-33-18-35(28(6)14-26(33)4)21-39-22-36-19-34(27(5)15-29(36)7)17-32-12-10-24(2)37(20-38)30(32)8/h9-15,18-19,38H,16-17,20-22H2,1-8H3. The minimum atomic E-state index is 0.0856. The lowest BCUT2D eigenvalue weighted by molar-refractivity contribution is 0.106. The van der Waals surface area contributed by atoms with Crippen molar-refractivity contribution in [3.8, 4) is 0 Å². The lowest BCUT2D eigenvalue weighted by atomic mass is 9.91. The van der Waals surface area contributed by atoms with Crippen molar-refractivity contribution in [2.75, 3.05) is 0 Å². The van der Waals surface area contributed by atoms with Crippen molar-refractivity contribution in [3.63, 3.8) is 0 Å². The number of aliphatic hydroxyl groups excluding tert-OH is 1. The van der Waals surface area contributed by atoms with Crippen LogP contribution in [0, 0.1) is 55.4 Å². The quantitative estimate of drug-likeness (QED) is 0.240. The van der Waals surface area contributed by atoms with Crippen molar-refractivity contribution in [1.29, 1.82) is 0 Å². The number of aryl methyl sites for hydroxylation is 7. The van der Waals surface area contributed by atoms with Crippen LogP contribution in [0.1, 0.15) is 83.5 Å². The van der Waals surface area contributed by atoms with Gasteiger partial charge in [0.25, 0.3) is 0 Å². The highest BCUT2D eigenvalue weighted by Crippen LogP contribution is 2.26. The largest absolute Gasteiger partial charge is 0.392 e. The molecule has 4 aromatic rings. The molecular formula is C37H44O2. The van der Waals surface area contributed by atoms with Gasteiger partial charge in [-0.3, -0.25) is 0 Å². The summed E-state index contributed by atoms with van der Waals surface area (Å²) in [5, 5.41) is 9.85. The minimum absolute atomic E-state index is 0.0856. The van der Waals surface area contributed by atoms with E-state index >= 15 is 0 Å². The molecule has 0 amide bonds. The van der Waals surface area contributed by atoms with Gasteiger partial charge in [-0.15, -0.1) is 0 Å². The Labute approximate surface area is 235 Å². The molecule has 0 aliphatic heterocycles. The van der Waals surface area contributed by atoms with Crippen molar-refractivity contribution < 1.29 is 9.84 Å². The maximum atomic E-state index is 9.85. The Kier molecular flexibility index (Phi) is 9.10. The maximum absolute atomic E-state index is 9.85. The van der Waals surface area contributed by atoms with Crippen LogP contribution in [-0.2, 0) is 37.4 Å². The molecule has 2 nitrogen and oxygen atoms in total. The van der Waals surface area contributed by atoms with Crippen LogP contribution < -0.4 is 0 Å². The summed E-state index contributed by atoms with van der Waals surface area (Å²) in [6, 6.07) is 20.3. The molecular weight excluding hydrogens is 476 g/mol. The molecule has 0 bridgehead atoms. The van der Waals surface area contributed by atoms with Crippen molar-refractivity contribution in [2.24, 2.45) is 0 Å². The Morgan fingerprint density at radius 1 is 0.487 bits per heavy atom. The number of benzene rings is 4. The first-order valence-corrected chi connectivity index (χ1v) is 14.1. The van der Waals surface area contributed by atoms with E-state index in [-0.39, 0.29) is 6.61 Å². The van der Waals surface area contributed by atoms with Crippen LogP contribution in [0.3, 0.4) is 0 Å². The molecule has 1 N–H and O–H groups in total. The zero-order chi connectivity index (χ0) is 28.3. The van der Waals surface area contributed by atoms with Gasteiger partial charge < -0.3 is 9.84 Å². The van der Waals surface area contributed by atoms with Crippen LogP contribution in [0.2, 0.25) is 0 Å². The van der Waals surface area contributed by atoms with E-state index in [0.29, 0.717) is 13.2 Å². The molecule has 0 radical (unpaired) electrons. The van der Waals surface area contributed by atoms with Gasteiger partial charge in [-0.1, -0.05) is 60.2 Å². The summed E-state index contributed by atoms with van der Waals surface area (Å²) >= 11 is 0. The summed E-state index contributed by atoms with van der Waals surface area (Å²) < 4.78 is 6.34. The maximum Gasteiger partial charge on any atom is 0.0724 e. The van der Waals surface area contributed by atoms with E-state index in [1.165, 1.54) is 72.3 Å². The molecule has 0 atom stereocenters. The van der Waals surface area contributed by atoms with E-state index in [1.807, 2.05) is 0 Å². The number of hydrogen-bond acceptors (Lipinski definition) is 2. The average molecular weight is 521 g/mol. The predicted octanol–water partition coefficient (Wildman–Crippen LogP) is 8.54. The second kappa shape index (κ2) is 12.3. The van der Waals surface area contributed by atoms with E-state index in [4.69, 9.17) is 4.74 Å². The molecule has 204 valence electrons. The molecule has 4 rings (SSSR count). The Morgan fingerprint density at radius 2 is 0.974 bits per heavy atom. The molecule has 2 heteroatoms. The summed E-state index contributed by atoms with van der Waals surface area (Å²) in [6.45, 7) is 18.6. The zero-order valence-corrected chi connectivity index (χ0v) is 25.1. The Bertz CT molecular complexity index is 1490. The molecule has 4 aromatic carbocycles.